The first-order valence-electron chi connectivity index (χ1n) is 8.51. The molecule has 2 heterocycles. The van der Waals surface area contributed by atoms with Crippen LogP contribution in [0.5, 0.6) is 0 Å². The van der Waals surface area contributed by atoms with Crippen molar-refractivity contribution in [2.75, 3.05) is 0 Å². The molecule has 0 unspecified atom stereocenters. The lowest BCUT2D eigenvalue weighted by Gasteiger charge is -2.08. The Kier molecular flexibility index (Phi) is 3.92. The fraction of sp³-hybridized carbons (Fsp3) is 0. The molecule has 0 fully saturated rings. The normalized spacial score (nSPS) is 11.3. The smallest absolute Gasteiger partial charge is 0.124 e. The molecule has 5 rings (SSSR count). The number of rotatable bonds is 2. The van der Waals surface area contributed by atoms with E-state index in [-0.39, 0.29) is 5.82 Å². The summed E-state index contributed by atoms with van der Waals surface area (Å²) in [5, 5.41) is 5.91. The molecular weight excluding hydrogens is 377 g/mol. The number of nitrogens with zero attached hydrogens (tertiary/aromatic N) is 1. The number of thiophene rings is 1. The third-order valence-corrected chi connectivity index (χ3v) is 6.12. The molecule has 0 spiro atoms. The summed E-state index contributed by atoms with van der Waals surface area (Å²) in [7, 11) is 0. The number of fused-ring (bicyclic) bond motifs is 2. The first-order chi connectivity index (χ1) is 13.2. The molecule has 5 aromatic rings. The number of hydrogen-bond donors (Lipinski definition) is 0. The summed E-state index contributed by atoms with van der Waals surface area (Å²) in [6.45, 7) is 0. The minimum Gasteiger partial charge on any atom is -0.263 e. The third-order valence-electron chi connectivity index (χ3n) is 4.78. The summed E-state index contributed by atoms with van der Waals surface area (Å²) in [6, 6.07) is 19.1. The molecule has 4 heteroatoms. The Morgan fingerprint density at radius 3 is 2.52 bits per heavy atom. The van der Waals surface area contributed by atoms with Gasteiger partial charge in [0.05, 0.1) is 5.02 Å². The quantitative estimate of drug-likeness (QED) is 0.303. The highest BCUT2D eigenvalue weighted by molar-refractivity contribution is 7.18. The van der Waals surface area contributed by atoms with E-state index in [9.17, 15) is 4.39 Å². The van der Waals surface area contributed by atoms with Crippen LogP contribution in [0.25, 0.3) is 43.1 Å². The van der Waals surface area contributed by atoms with Crippen LogP contribution in [0, 0.1) is 5.82 Å². The molecule has 0 amide bonds. The number of aromatic nitrogens is 1. The van der Waals surface area contributed by atoms with Gasteiger partial charge in [0.25, 0.3) is 0 Å². The van der Waals surface area contributed by atoms with E-state index < -0.39 is 0 Å². The van der Waals surface area contributed by atoms with Crippen molar-refractivity contribution in [1.29, 1.82) is 0 Å². The van der Waals surface area contributed by atoms with Crippen LogP contribution in [0.2, 0.25) is 5.02 Å². The topological polar surface area (TPSA) is 12.9 Å². The molecule has 0 N–H and O–H groups in total. The number of halogens is 2. The Morgan fingerprint density at radius 1 is 0.778 bits per heavy atom. The Labute approximate surface area is 164 Å². The number of pyridine rings is 1. The van der Waals surface area contributed by atoms with Crippen molar-refractivity contribution in [3.05, 3.63) is 89.3 Å². The van der Waals surface area contributed by atoms with Gasteiger partial charge >= 0.3 is 0 Å². The zero-order valence-electron chi connectivity index (χ0n) is 14.1. The van der Waals surface area contributed by atoms with Gasteiger partial charge in [0.15, 0.2) is 0 Å². The lowest BCUT2D eigenvalue weighted by molar-refractivity contribution is 0.628. The maximum atomic E-state index is 13.4. The first-order valence-corrected chi connectivity index (χ1v) is 9.77. The van der Waals surface area contributed by atoms with Crippen molar-refractivity contribution >= 4 is 43.8 Å². The van der Waals surface area contributed by atoms with Crippen LogP contribution in [-0.4, -0.2) is 4.98 Å². The van der Waals surface area contributed by atoms with Crippen LogP contribution in [0.4, 0.5) is 4.39 Å². The standard InChI is InChI=1S/C23H13ClFNS/c24-22-10-15(25)8-9-17(22)21-13-27-23-18(6-3-7-19(21)23)20-12-26-11-14-4-1-2-5-16(14)20/h1-13H. The Balaban J connectivity index is 1.77. The molecule has 27 heavy (non-hydrogen) atoms. The third kappa shape index (κ3) is 2.71. The molecule has 0 aliphatic rings. The van der Waals surface area contributed by atoms with E-state index in [2.05, 4.69) is 34.6 Å². The van der Waals surface area contributed by atoms with Crippen molar-refractivity contribution in [2.45, 2.75) is 0 Å². The average molecular weight is 390 g/mol. The van der Waals surface area contributed by atoms with Gasteiger partial charge in [0.2, 0.25) is 0 Å². The van der Waals surface area contributed by atoms with Crippen molar-refractivity contribution in [1.82, 2.24) is 4.98 Å². The zero-order valence-corrected chi connectivity index (χ0v) is 15.7. The minimum absolute atomic E-state index is 0.328. The molecule has 130 valence electrons. The van der Waals surface area contributed by atoms with E-state index in [0.29, 0.717) is 5.02 Å². The fourth-order valence-corrected chi connectivity index (χ4v) is 4.89. The van der Waals surface area contributed by atoms with Gasteiger partial charge in [0, 0.05) is 50.1 Å². The van der Waals surface area contributed by atoms with E-state index in [4.69, 9.17) is 11.6 Å². The van der Waals surface area contributed by atoms with Crippen LogP contribution >= 0.6 is 22.9 Å². The van der Waals surface area contributed by atoms with E-state index in [1.165, 1.54) is 22.2 Å². The Morgan fingerprint density at radius 2 is 1.63 bits per heavy atom. The highest BCUT2D eigenvalue weighted by Gasteiger charge is 2.15. The molecule has 2 aromatic heterocycles. The van der Waals surface area contributed by atoms with Crippen LogP contribution in [-0.2, 0) is 0 Å². The van der Waals surface area contributed by atoms with E-state index in [1.54, 1.807) is 17.4 Å². The summed E-state index contributed by atoms with van der Waals surface area (Å²) in [5.41, 5.74) is 4.12. The van der Waals surface area contributed by atoms with Gasteiger partial charge in [-0.2, -0.15) is 0 Å². The molecule has 0 bridgehead atoms. The molecule has 3 aromatic carbocycles. The molecule has 0 aliphatic heterocycles. The van der Waals surface area contributed by atoms with Crippen molar-refractivity contribution in [3.63, 3.8) is 0 Å². The lowest BCUT2D eigenvalue weighted by Crippen LogP contribution is -1.85. The summed E-state index contributed by atoms with van der Waals surface area (Å²) >= 11 is 7.98. The van der Waals surface area contributed by atoms with Crippen LogP contribution < -0.4 is 0 Å². The SMILES string of the molecule is Fc1ccc(-c2csc3c(-c4cncc5ccccc45)cccc23)c(Cl)c1. The van der Waals surface area contributed by atoms with Gasteiger partial charge in [-0.15, -0.1) is 11.3 Å². The summed E-state index contributed by atoms with van der Waals surface area (Å²) in [6.07, 6.45) is 3.80. The number of hydrogen-bond acceptors (Lipinski definition) is 2. The van der Waals surface area contributed by atoms with E-state index >= 15 is 0 Å². The molecule has 1 nitrogen and oxygen atoms in total. The van der Waals surface area contributed by atoms with Gasteiger partial charge in [-0.25, -0.2) is 4.39 Å². The molecule has 0 saturated heterocycles. The van der Waals surface area contributed by atoms with Gasteiger partial charge < -0.3 is 0 Å². The Hall–Kier alpha value is -2.75. The van der Waals surface area contributed by atoms with E-state index in [1.807, 2.05) is 30.6 Å². The molecule has 0 radical (unpaired) electrons. The minimum atomic E-state index is -0.328. The van der Waals surface area contributed by atoms with E-state index in [0.717, 1.165) is 33.0 Å². The van der Waals surface area contributed by atoms with Gasteiger partial charge in [-0.3, -0.25) is 4.98 Å². The maximum absolute atomic E-state index is 13.4. The fourth-order valence-electron chi connectivity index (χ4n) is 3.52. The second-order valence-corrected chi connectivity index (χ2v) is 7.65. The monoisotopic (exact) mass is 389 g/mol. The largest absolute Gasteiger partial charge is 0.263 e. The Bertz CT molecular complexity index is 1300. The first kappa shape index (κ1) is 16.4. The van der Waals surface area contributed by atoms with Crippen LogP contribution in [0.1, 0.15) is 0 Å². The molecule has 0 atom stereocenters. The molecule has 0 aliphatic carbocycles. The number of benzene rings is 3. The van der Waals surface area contributed by atoms with Gasteiger partial charge in [-0.1, -0.05) is 54.1 Å². The lowest BCUT2D eigenvalue weighted by atomic mass is 9.97. The zero-order chi connectivity index (χ0) is 18.4. The highest BCUT2D eigenvalue weighted by atomic mass is 35.5. The summed E-state index contributed by atoms with van der Waals surface area (Å²) in [4.78, 5) is 4.43. The average Bonchev–Trinajstić information content (AvgIpc) is 3.12. The molecule has 0 saturated carbocycles. The van der Waals surface area contributed by atoms with Crippen molar-refractivity contribution in [2.24, 2.45) is 0 Å². The van der Waals surface area contributed by atoms with Gasteiger partial charge in [0.1, 0.15) is 5.82 Å². The van der Waals surface area contributed by atoms with Crippen LogP contribution in [0.15, 0.2) is 78.4 Å². The van der Waals surface area contributed by atoms with Crippen LogP contribution in [0.3, 0.4) is 0 Å². The summed E-state index contributed by atoms with van der Waals surface area (Å²) < 4.78 is 14.6. The predicted molar refractivity (Wildman–Crippen MR) is 113 cm³/mol. The molecular formula is C23H13ClFNS. The second kappa shape index (κ2) is 6.45. The summed E-state index contributed by atoms with van der Waals surface area (Å²) in [5.74, 6) is -0.328. The van der Waals surface area contributed by atoms with Gasteiger partial charge in [-0.05, 0) is 29.0 Å². The predicted octanol–water partition coefficient (Wildman–Crippen LogP) is 7.58. The maximum Gasteiger partial charge on any atom is 0.124 e. The second-order valence-electron chi connectivity index (χ2n) is 6.36. The van der Waals surface area contributed by atoms with Crippen molar-refractivity contribution in [3.8, 4) is 22.3 Å². The van der Waals surface area contributed by atoms with Crippen molar-refractivity contribution < 1.29 is 4.39 Å². The highest BCUT2D eigenvalue weighted by Crippen LogP contribution is 2.42.